The lowest BCUT2D eigenvalue weighted by Crippen LogP contribution is -2.52. The van der Waals surface area contributed by atoms with Gasteiger partial charge in [-0.1, -0.05) is 73.9 Å². The molecule has 2 aromatic carbocycles. The Balaban J connectivity index is 1.27. The molecule has 0 radical (unpaired) electrons. The molecule has 1 aliphatic carbocycles. The first-order valence-electron chi connectivity index (χ1n) is 14.4. The number of nitrogens with one attached hydrogen (secondary N) is 2. The number of hydrogen-bond acceptors (Lipinski definition) is 6. The van der Waals surface area contributed by atoms with Crippen molar-refractivity contribution in [3.8, 4) is 0 Å². The van der Waals surface area contributed by atoms with E-state index in [1.165, 1.54) is 0 Å². The molecule has 2 fully saturated rings. The Bertz CT molecular complexity index is 1100. The van der Waals surface area contributed by atoms with Crippen molar-refractivity contribution >= 4 is 17.9 Å². The highest BCUT2D eigenvalue weighted by Crippen LogP contribution is 2.27. The average molecular weight is 550 g/mol. The van der Waals surface area contributed by atoms with Crippen LogP contribution in [0.4, 0.5) is 4.79 Å². The number of rotatable bonds is 10. The van der Waals surface area contributed by atoms with Gasteiger partial charge in [-0.15, -0.1) is 0 Å². The number of ether oxygens (including phenoxy) is 1. The number of hydrogen-bond donors (Lipinski definition) is 3. The van der Waals surface area contributed by atoms with Crippen LogP contribution in [0.5, 0.6) is 0 Å². The van der Waals surface area contributed by atoms with E-state index in [2.05, 4.69) is 22.6 Å². The van der Waals surface area contributed by atoms with Crippen molar-refractivity contribution < 1.29 is 19.1 Å². The van der Waals surface area contributed by atoms with Gasteiger partial charge >= 0.3 is 6.09 Å². The zero-order valence-corrected chi connectivity index (χ0v) is 23.5. The number of nitrogens with two attached hydrogens (primary N) is 1. The summed E-state index contributed by atoms with van der Waals surface area (Å²) in [6.45, 7) is 3.65. The Kier molecular flexibility index (Phi) is 10.9. The van der Waals surface area contributed by atoms with E-state index < -0.39 is 18.2 Å². The summed E-state index contributed by atoms with van der Waals surface area (Å²) in [6, 6.07) is 16.1. The maximum atomic E-state index is 13.2. The first-order chi connectivity index (χ1) is 19.4. The Morgan fingerprint density at radius 1 is 0.900 bits per heavy atom. The maximum Gasteiger partial charge on any atom is 0.408 e. The standard InChI is InChI=1S/C31H43N5O4/c1-35-16-18-36(19-17-35)30(38)27(32)20-23-12-14-24(15-13-23)21-33-29(37)28(26-10-6-3-7-11-26)34-31(39)40-22-25-8-4-2-5-9-25/h2,4-5,8-9,12-15,26-28H,3,6-7,10-11,16-22,32H2,1H3,(H,33,37)(H,34,39)/t27-,28+/m1/s1. The molecule has 0 bridgehead atoms. The normalized spacial score (nSPS) is 18.0. The molecule has 1 heterocycles. The molecule has 3 amide bonds. The second kappa shape index (κ2) is 14.8. The van der Waals surface area contributed by atoms with Gasteiger partial charge in [0.2, 0.25) is 11.8 Å². The molecule has 216 valence electrons. The second-order valence-corrected chi connectivity index (χ2v) is 11.1. The number of benzene rings is 2. The summed E-state index contributed by atoms with van der Waals surface area (Å²) in [5, 5.41) is 5.84. The summed E-state index contributed by atoms with van der Waals surface area (Å²) in [7, 11) is 2.06. The summed E-state index contributed by atoms with van der Waals surface area (Å²) in [6.07, 6.45) is 4.95. The number of likely N-dealkylation sites (N-methyl/N-ethyl adjacent to an activating group) is 1. The third-order valence-electron chi connectivity index (χ3n) is 7.97. The fourth-order valence-corrected chi connectivity index (χ4v) is 5.45. The van der Waals surface area contributed by atoms with Crippen LogP contribution in [0, 0.1) is 5.92 Å². The molecule has 0 spiro atoms. The molecule has 9 heteroatoms. The summed E-state index contributed by atoms with van der Waals surface area (Å²) in [4.78, 5) is 42.6. The Morgan fingerprint density at radius 3 is 2.23 bits per heavy atom. The summed E-state index contributed by atoms with van der Waals surface area (Å²) in [5.41, 5.74) is 9.05. The lowest BCUT2D eigenvalue weighted by atomic mass is 9.83. The number of nitrogens with zero attached hydrogens (tertiary/aromatic N) is 2. The smallest absolute Gasteiger partial charge is 0.408 e. The van der Waals surface area contributed by atoms with Crippen LogP contribution >= 0.6 is 0 Å². The zero-order chi connectivity index (χ0) is 28.3. The van der Waals surface area contributed by atoms with Crippen LogP contribution in [-0.4, -0.2) is 73.0 Å². The highest BCUT2D eigenvalue weighted by atomic mass is 16.5. The molecule has 1 aliphatic heterocycles. The highest BCUT2D eigenvalue weighted by Gasteiger charge is 2.31. The van der Waals surface area contributed by atoms with E-state index in [-0.39, 0.29) is 24.3 Å². The summed E-state index contributed by atoms with van der Waals surface area (Å²) < 4.78 is 5.40. The second-order valence-electron chi connectivity index (χ2n) is 11.1. The number of piperazine rings is 1. The molecule has 40 heavy (non-hydrogen) atoms. The fraction of sp³-hybridized carbons (Fsp3) is 0.516. The van der Waals surface area contributed by atoms with Gasteiger partial charge in [0.25, 0.3) is 0 Å². The van der Waals surface area contributed by atoms with E-state index in [0.717, 1.165) is 61.9 Å². The minimum atomic E-state index is -0.638. The first-order valence-corrected chi connectivity index (χ1v) is 14.4. The molecule has 4 N–H and O–H groups in total. The van der Waals surface area contributed by atoms with Gasteiger partial charge < -0.3 is 30.9 Å². The van der Waals surface area contributed by atoms with Crippen molar-refractivity contribution in [3.63, 3.8) is 0 Å². The van der Waals surface area contributed by atoms with Gasteiger partial charge in [0.15, 0.2) is 0 Å². The summed E-state index contributed by atoms with van der Waals surface area (Å²) in [5.74, 6) is -0.125. The van der Waals surface area contributed by atoms with Gasteiger partial charge in [-0.25, -0.2) is 4.79 Å². The molecule has 2 aliphatic rings. The van der Waals surface area contributed by atoms with Crippen LogP contribution in [0.3, 0.4) is 0 Å². The van der Waals surface area contributed by atoms with Crippen molar-refractivity contribution in [2.75, 3.05) is 33.2 Å². The molecule has 1 saturated heterocycles. The molecular formula is C31H43N5O4. The van der Waals surface area contributed by atoms with Gasteiger partial charge in [-0.2, -0.15) is 0 Å². The van der Waals surface area contributed by atoms with Crippen molar-refractivity contribution in [3.05, 3.63) is 71.3 Å². The highest BCUT2D eigenvalue weighted by molar-refractivity contribution is 5.86. The van der Waals surface area contributed by atoms with Crippen LogP contribution in [-0.2, 0) is 33.9 Å². The quantitative estimate of drug-likeness (QED) is 0.420. The van der Waals surface area contributed by atoms with E-state index in [1.54, 1.807) is 0 Å². The summed E-state index contributed by atoms with van der Waals surface area (Å²) >= 11 is 0. The minimum absolute atomic E-state index is 0.00649. The number of amides is 3. The Labute approximate surface area is 237 Å². The van der Waals surface area contributed by atoms with Crippen LogP contribution < -0.4 is 16.4 Å². The first kappa shape index (κ1) is 29.6. The van der Waals surface area contributed by atoms with Crippen LogP contribution in [0.25, 0.3) is 0 Å². The van der Waals surface area contributed by atoms with E-state index in [9.17, 15) is 14.4 Å². The minimum Gasteiger partial charge on any atom is -0.445 e. The Hall–Kier alpha value is -3.43. The van der Waals surface area contributed by atoms with Crippen LogP contribution in [0.15, 0.2) is 54.6 Å². The molecule has 2 aromatic rings. The van der Waals surface area contributed by atoms with Gasteiger partial charge in [0.05, 0.1) is 6.04 Å². The van der Waals surface area contributed by atoms with E-state index in [4.69, 9.17) is 10.5 Å². The third-order valence-corrected chi connectivity index (χ3v) is 7.97. The average Bonchev–Trinajstić information content (AvgIpc) is 2.99. The molecule has 9 nitrogen and oxygen atoms in total. The van der Waals surface area contributed by atoms with E-state index >= 15 is 0 Å². The van der Waals surface area contributed by atoms with E-state index in [0.29, 0.717) is 26.1 Å². The van der Waals surface area contributed by atoms with Crippen LogP contribution in [0.2, 0.25) is 0 Å². The van der Waals surface area contributed by atoms with Gasteiger partial charge in [-0.05, 0) is 48.9 Å². The van der Waals surface area contributed by atoms with Gasteiger partial charge in [-0.3, -0.25) is 9.59 Å². The van der Waals surface area contributed by atoms with Crippen molar-refractivity contribution in [2.24, 2.45) is 11.7 Å². The molecular weight excluding hydrogens is 506 g/mol. The maximum absolute atomic E-state index is 13.2. The van der Waals surface area contributed by atoms with Crippen LogP contribution in [0.1, 0.15) is 48.8 Å². The fourth-order valence-electron chi connectivity index (χ4n) is 5.45. The zero-order valence-electron chi connectivity index (χ0n) is 23.5. The molecule has 1 saturated carbocycles. The molecule has 4 rings (SSSR count). The SMILES string of the molecule is CN1CCN(C(=O)[C@H](N)Cc2ccc(CNC(=O)[C@@H](NC(=O)OCc3ccccc3)C3CCCCC3)cc2)CC1. The molecule has 0 unspecified atom stereocenters. The molecule has 2 atom stereocenters. The third kappa shape index (κ3) is 8.79. The van der Waals surface area contributed by atoms with Crippen molar-refractivity contribution in [2.45, 2.75) is 63.8 Å². The van der Waals surface area contributed by atoms with Crippen molar-refractivity contribution in [1.29, 1.82) is 0 Å². The lowest BCUT2D eigenvalue weighted by molar-refractivity contribution is -0.134. The topological polar surface area (TPSA) is 117 Å². The molecule has 0 aromatic heterocycles. The van der Waals surface area contributed by atoms with E-state index in [1.807, 2.05) is 59.5 Å². The number of alkyl carbamates (subject to hydrolysis) is 1. The lowest BCUT2D eigenvalue weighted by Gasteiger charge is -2.33. The van der Waals surface area contributed by atoms with Crippen molar-refractivity contribution in [1.82, 2.24) is 20.4 Å². The number of carbonyl (C=O) groups is 3. The Morgan fingerprint density at radius 2 is 1.55 bits per heavy atom. The predicted molar refractivity (Wildman–Crippen MR) is 154 cm³/mol. The number of carbonyl (C=O) groups excluding carboxylic acids is 3. The predicted octanol–water partition coefficient (Wildman–Crippen LogP) is 2.82. The van der Waals surface area contributed by atoms with Gasteiger partial charge in [0.1, 0.15) is 12.6 Å². The van der Waals surface area contributed by atoms with Gasteiger partial charge in [0, 0.05) is 32.7 Å². The largest absolute Gasteiger partial charge is 0.445 e. The monoisotopic (exact) mass is 549 g/mol.